The number of likely N-dealkylation sites (tertiary alicyclic amines) is 1. The number of hydrogen-bond acceptors (Lipinski definition) is 2. The maximum Gasteiger partial charge on any atom is 0.219 e. The molecule has 3 heterocycles. The Morgan fingerprint density at radius 2 is 1.83 bits per heavy atom. The summed E-state index contributed by atoms with van der Waals surface area (Å²) < 4.78 is 9.75. The van der Waals surface area contributed by atoms with E-state index in [1.54, 1.807) is 7.11 Å². The van der Waals surface area contributed by atoms with Crippen molar-refractivity contribution in [1.29, 1.82) is 0 Å². The molecule has 2 aliphatic heterocycles. The molecule has 0 bridgehead atoms. The van der Waals surface area contributed by atoms with E-state index < -0.39 is 0 Å². The van der Waals surface area contributed by atoms with E-state index in [0.29, 0.717) is 0 Å². The number of carbonyl (C=O) groups excluding carboxylic acids is 1. The molecule has 0 aliphatic carbocycles. The van der Waals surface area contributed by atoms with Gasteiger partial charge in [-0.1, -0.05) is 24.3 Å². The fourth-order valence-electron chi connectivity index (χ4n) is 4.57. The average molecular weight is 483 g/mol. The number of aromatic nitrogens is 1. The number of hydrogen-bond donors (Lipinski definition) is 0. The largest absolute Gasteiger partial charge is 0.497 e. The number of nitrogens with zero attached hydrogens (tertiary/aromatic N) is 3. The van der Waals surface area contributed by atoms with Gasteiger partial charge in [0.05, 0.1) is 7.11 Å². The molecular formula is C31H36N3O2+. The lowest BCUT2D eigenvalue weighted by atomic mass is 10.1. The number of allylic oxidation sites excluding steroid dienone is 2. The van der Waals surface area contributed by atoms with Crippen molar-refractivity contribution in [3.8, 4) is 11.4 Å². The van der Waals surface area contributed by atoms with Crippen LogP contribution in [0.1, 0.15) is 48.6 Å². The van der Waals surface area contributed by atoms with E-state index in [9.17, 15) is 4.79 Å². The molecule has 2 aromatic carbocycles. The quantitative estimate of drug-likeness (QED) is 0.225. The Balaban J connectivity index is 0.000000325. The van der Waals surface area contributed by atoms with Crippen LogP contribution in [0.4, 0.5) is 5.69 Å². The average Bonchev–Trinajstić information content (AvgIpc) is 3.27. The van der Waals surface area contributed by atoms with Crippen LogP contribution < -0.4 is 4.74 Å². The van der Waals surface area contributed by atoms with Gasteiger partial charge >= 0.3 is 0 Å². The Hall–Kier alpha value is -3.86. The molecule has 186 valence electrons. The highest BCUT2D eigenvalue weighted by molar-refractivity contribution is 5.89. The van der Waals surface area contributed by atoms with Crippen molar-refractivity contribution in [2.24, 2.45) is 0 Å². The van der Waals surface area contributed by atoms with E-state index >= 15 is 0 Å². The first kappa shape index (κ1) is 25.2. The smallest absolute Gasteiger partial charge is 0.219 e. The molecule has 5 nitrogen and oxygen atoms in total. The van der Waals surface area contributed by atoms with E-state index in [1.165, 1.54) is 58.6 Å². The highest BCUT2D eigenvalue weighted by atomic mass is 16.5. The molecule has 0 spiro atoms. The van der Waals surface area contributed by atoms with Crippen LogP contribution in [0.15, 0.2) is 73.0 Å². The van der Waals surface area contributed by atoms with Crippen LogP contribution in [0.3, 0.4) is 0 Å². The summed E-state index contributed by atoms with van der Waals surface area (Å²) in [6.45, 7) is 10.9. The van der Waals surface area contributed by atoms with E-state index in [-0.39, 0.29) is 0 Å². The Bertz CT molecular complexity index is 1280. The molecule has 0 N–H and O–H groups in total. The predicted octanol–water partition coefficient (Wildman–Crippen LogP) is 6.29. The number of carbonyl (C=O) groups is 1. The topological polar surface area (TPSA) is 37.5 Å². The summed E-state index contributed by atoms with van der Waals surface area (Å²) in [5, 5.41) is 0. The molecule has 0 radical (unpaired) electrons. The minimum absolute atomic E-state index is 0.870. The molecule has 2 aliphatic rings. The molecule has 1 saturated heterocycles. The van der Waals surface area contributed by atoms with Crippen molar-refractivity contribution >= 4 is 24.4 Å². The Kier molecular flexibility index (Phi) is 8.21. The molecule has 1 fully saturated rings. The summed E-state index contributed by atoms with van der Waals surface area (Å²) in [6, 6.07) is 17.0. The summed E-state index contributed by atoms with van der Waals surface area (Å²) in [7, 11) is 1.69. The second-order valence-corrected chi connectivity index (χ2v) is 9.37. The van der Waals surface area contributed by atoms with Gasteiger partial charge in [-0.05, 0) is 81.1 Å². The van der Waals surface area contributed by atoms with Crippen molar-refractivity contribution in [2.75, 3.05) is 20.2 Å². The number of fused-ring (bicyclic) bond motifs is 1. The van der Waals surface area contributed by atoms with Gasteiger partial charge in [0.25, 0.3) is 0 Å². The maximum absolute atomic E-state index is 10.1. The third kappa shape index (κ3) is 5.85. The zero-order chi connectivity index (χ0) is 25.5. The van der Waals surface area contributed by atoms with Crippen LogP contribution in [-0.4, -0.2) is 46.9 Å². The first-order valence-corrected chi connectivity index (χ1v) is 12.6. The number of methoxy groups -OCH3 is 1. The van der Waals surface area contributed by atoms with Crippen LogP contribution in [0.2, 0.25) is 0 Å². The van der Waals surface area contributed by atoms with E-state index in [2.05, 4.69) is 84.5 Å². The zero-order valence-corrected chi connectivity index (χ0v) is 21.6. The molecule has 0 atom stereocenters. The normalized spacial score (nSPS) is 14.6. The molecule has 3 aromatic rings. The van der Waals surface area contributed by atoms with Gasteiger partial charge in [0.15, 0.2) is 12.8 Å². The van der Waals surface area contributed by atoms with E-state index in [4.69, 9.17) is 4.74 Å². The van der Waals surface area contributed by atoms with Crippen LogP contribution >= 0.6 is 0 Å². The van der Waals surface area contributed by atoms with Crippen molar-refractivity contribution in [3.05, 3.63) is 95.3 Å². The molecule has 36 heavy (non-hydrogen) atoms. The first-order valence-electron chi connectivity index (χ1n) is 12.6. The number of ether oxygens (including phenoxy) is 1. The second kappa shape index (κ2) is 11.7. The highest BCUT2D eigenvalue weighted by Gasteiger charge is 2.26. The molecule has 0 unspecified atom stereocenters. The molecule has 0 saturated carbocycles. The third-order valence-electron chi connectivity index (χ3n) is 6.83. The number of piperidine rings is 1. The standard InChI is InChI=1S/C25H25N2O.C6H11NO/c1-5-18(2)14-21-12-13-27(19(21)3)23-8-11-25-22(15-23)17-26(25)16-20-6-9-24(28-4)10-7-20;8-6-7-4-2-1-3-5-7/h5-15,17H,1,16H2,2-4H3;6H,1-5H2/q+1;/b18-14-;. The first-order chi connectivity index (χ1) is 17.5. The highest BCUT2D eigenvalue weighted by Crippen LogP contribution is 2.30. The Morgan fingerprint density at radius 1 is 1.08 bits per heavy atom. The number of amides is 1. The van der Waals surface area contributed by atoms with Crippen molar-refractivity contribution < 1.29 is 14.1 Å². The Morgan fingerprint density at radius 3 is 2.44 bits per heavy atom. The Labute approximate surface area is 214 Å². The van der Waals surface area contributed by atoms with Crippen LogP contribution in [0.25, 0.3) is 11.8 Å². The summed E-state index contributed by atoms with van der Waals surface area (Å²) in [4.78, 5) is 11.9. The zero-order valence-electron chi connectivity index (χ0n) is 21.6. The van der Waals surface area contributed by atoms with Gasteiger partial charge in [-0.3, -0.25) is 4.79 Å². The van der Waals surface area contributed by atoms with Gasteiger partial charge in [-0.25, -0.2) is 0 Å². The van der Waals surface area contributed by atoms with Crippen LogP contribution in [0, 0.1) is 6.92 Å². The fourth-order valence-corrected chi connectivity index (χ4v) is 4.57. The minimum Gasteiger partial charge on any atom is -0.497 e. The van der Waals surface area contributed by atoms with Gasteiger partial charge in [0.2, 0.25) is 12.1 Å². The molecular weight excluding hydrogens is 446 g/mol. The monoisotopic (exact) mass is 482 g/mol. The van der Waals surface area contributed by atoms with Gasteiger partial charge < -0.3 is 14.2 Å². The molecule has 1 amide bonds. The van der Waals surface area contributed by atoms with Crippen molar-refractivity contribution in [1.82, 2.24) is 9.47 Å². The predicted molar refractivity (Wildman–Crippen MR) is 148 cm³/mol. The van der Waals surface area contributed by atoms with Crippen molar-refractivity contribution in [2.45, 2.75) is 39.7 Å². The summed E-state index contributed by atoms with van der Waals surface area (Å²) in [6.07, 6.45) is 13.0. The van der Waals surface area contributed by atoms with Crippen LogP contribution in [0.5, 0.6) is 5.75 Å². The third-order valence-corrected chi connectivity index (χ3v) is 6.83. The lowest BCUT2D eigenvalue weighted by Gasteiger charge is -2.21. The summed E-state index contributed by atoms with van der Waals surface area (Å²) >= 11 is 0. The molecule has 5 rings (SSSR count). The number of benzene rings is 2. The van der Waals surface area contributed by atoms with Crippen LogP contribution in [-0.2, 0) is 11.3 Å². The van der Waals surface area contributed by atoms with Gasteiger partial charge in [-0.15, -0.1) is 0 Å². The second-order valence-electron chi connectivity index (χ2n) is 9.37. The minimum atomic E-state index is 0.870. The summed E-state index contributed by atoms with van der Waals surface area (Å²) in [5.74, 6) is 0.890. The summed E-state index contributed by atoms with van der Waals surface area (Å²) in [5.41, 5.74) is 8.63. The molecule has 1 aromatic heterocycles. The maximum atomic E-state index is 10.1. The van der Waals surface area contributed by atoms with Gasteiger partial charge in [0.1, 0.15) is 11.3 Å². The number of rotatable bonds is 7. The van der Waals surface area contributed by atoms with Gasteiger partial charge in [-0.2, -0.15) is 4.58 Å². The van der Waals surface area contributed by atoms with Crippen molar-refractivity contribution in [3.63, 3.8) is 0 Å². The van der Waals surface area contributed by atoms with Gasteiger partial charge in [0, 0.05) is 42.3 Å². The lowest BCUT2D eigenvalue weighted by Crippen LogP contribution is -2.27. The molecule has 5 heteroatoms. The van der Waals surface area contributed by atoms with E-state index in [1.807, 2.05) is 23.1 Å². The fraction of sp³-hybridized carbons (Fsp3) is 0.290. The SMILES string of the molecule is C=C/C(C)=C\c1ccn(-c2ccc3c(c2)C=[N+]3Cc2ccc(OC)cc2)c1C.O=CN1CCCCC1. The lowest BCUT2D eigenvalue weighted by molar-refractivity contribution is -0.464. The van der Waals surface area contributed by atoms with E-state index in [0.717, 1.165) is 31.8 Å².